The molecule has 41 heavy (non-hydrogen) atoms. The number of hydrogen-bond acceptors (Lipinski definition) is 8. The van der Waals surface area contributed by atoms with Crippen molar-refractivity contribution in [2.45, 2.75) is 26.2 Å². The highest BCUT2D eigenvalue weighted by molar-refractivity contribution is 6.14. The summed E-state index contributed by atoms with van der Waals surface area (Å²) >= 11 is 0. The number of amidine groups is 2. The van der Waals surface area contributed by atoms with Crippen LogP contribution in [0.25, 0.3) is 10.9 Å². The first-order valence-electron chi connectivity index (χ1n) is 13.9. The van der Waals surface area contributed by atoms with Crippen LogP contribution in [0.1, 0.15) is 24.0 Å². The van der Waals surface area contributed by atoms with E-state index in [2.05, 4.69) is 40.4 Å². The van der Waals surface area contributed by atoms with Gasteiger partial charge in [-0.15, -0.1) is 0 Å². The summed E-state index contributed by atoms with van der Waals surface area (Å²) in [7, 11) is 0. The summed E-state index contributed by atoms with van der Waals surface area (Å²) in [5, 5.41) is 11.8. The number of aliphatic imine (C=N–C) groups is 1. The fraction of sp³-hybridized carbons (Fsp3) is 0.517. The van der Waals surface area contributed by atoms with Crippen molar-refractivity contribution in [3.63, 3.8) is 0 Å². The van der Waals surface area contributed by atoms with Crippen LogP contribution in [0.5, 0.6) is 0 Å². The predicted octanol–water partition coefficient (Wildman–Crippen LogP) is 1.71. The normalized spacial score (nSPS) is 13.6. The Morgan fingerprint density at radius 1 is 1.00 bits per heavy atom. The molecule has 0 fully saturated rings. The monoisotopic (exact) mass is 570 g/mol. The molecule has 2 heterocycles. The Labute approximate surface area is 240 Å². The van der Waals surface area contributed by atoms with E-state index in [9.17, 15) is 9.59 Å². The van der Waals surface area contributed by atoms with E-state index in [1.54, 1.807) is 0 Å². The van der Waals surface area contributed by atoms with E-state index in [1.165, 1.54) is 33.6 Å². The maximum absolute atomic E-state index is 12.0. The van der Waals surface area contributed by atoms with E-state index in [0.29, 0.717) is 91.2 Å². The number of hydrogen-bond donors (Lipinski definition) is 4. The number of amides is 2. The molecule has 0 radical (unpaired) electrons. The van der Waals surface area contributed by atoms with Crippen LogP contribution in [0, 0.1) is 12.3 Å². The summed E-state index contributed by atoms with van der Waals surface area (Å²) in [4.78, 5) is 32.4. The van der Waals surface area contributed by atoms with Gasteiger partial charge in [0.2, 0.25) is 5.91 Å². The molecule has 1 aliphatic rings. The van der Waals surface area contributed by atoms with Gasteiger partial charge in [0.15, 0.2) is 0 Å². The van der Waals surface area contributed by atoms with E-state index < -0.39 is 0 Å². The quantitative estimate of drug-likeness (QED) is 0.101. The average Bonchev–Trinajstić information content (AvgIpc) is 3.50. The average molecular weight is 571 g/mol. The van der Waals surface area contributed by atoms with Gasteiger partial charge in [0.05, 0.1) is 65.2 Å². The number of carbonyl (C=O) groups excluding carboxylic acids is 2. The maximum atomic E-state index is 12.0. The molecular formula is C29H42N6O6. The molecule has 1 aliphatic heterocycles. The molecule has 1 aromatic heterocycles. The van der Waals surface area contributed by atoms with Gasteiger partial charge in [-0.1, -0.05) is 11.6 Å². The molecule has 0 aliphatic carbocycles. The number of fused-ring (bicyclic) bond motifs is 1. The van der Waals surface area contributed by atoms with Crippen LogP contribution < -0.4 is 11.1 Å². The summed E-state index contributed by atoms with van der Waals surface area (Å²) in [6.07, 6.45) is 6.34. The number of nitrogens with two attached hydrogens (primary N) is 1. The summed E-state index contributed by atoms with van der Waals surface area (Å²) in [6.45, 7) is 6.83. The number of benzene rings is 1. The third kappa shape index (κ3) is 11.8. The predicted molar refractivity (Wildman–Crippen MR) is 157 cm³/mol. The van der Waals surface area contributed by atoms with Gasteiger partial charge in [-0.3, -0.25) is 24.9 Å². The van der Waals surface area contributed by atoms with E-state index in [4.69, 9.17) is 30.1 Å². The van der Waals surface area contributed by atoms with Crippen molar-refractivity contribution in [1.82, 2.24) is 15.2 Å². The third-order valence-electron chi connectivity index (χ3n) is 6.31. The molecule has 12 nitrogen and oxygen atoms in total. The van der Waals surface area contributed by atoms with Crippen LogP contribution in [0.15, 0.2) is 41.5 Å². The zero-order valence-corrected chi connectivity index (χ0v) is 23.8. The van der Waals surface area contributed by atoms with Crippen molar-refractivity contribution in [3.8, 4) is 0 Å². The number of carbonyl (C=O) groups is 2. The fourth-order valence-corrected chi connectivity index (χ4v) is 4.09. The minimum Gasteiger partial charge on any atom is -0.387 e. The molecule has 0 bridgehead atoms. The van der Waals surface area contributed by atoms with Crippen molar-refractivity contribution < 1.29 is 28.5 Å². The minimum absolute atomic E-state index is 0.0250. The number of nitrogens with zero attached hydrogens (tertiary/aromatic N) is 2. The molecule has 0 atom stereocenters. The number of ether oxygens (including phenoxy) is 4. The second-order valence-electron chi connectivity index (χ2n) is 9.49. The first-order valence-corrected chi connectivity index (χ1v) is 13.9. The lowest BCUT2D eigenvalue weighted by Gasteiger charge is -2.15. The van der Waals surface area contributed by atoms with Crippen LogP contribution in [0.3, 0.4) is 0 Å². The fourth-order valence-electron chi connectivity index (χ4n) is 4.09. The number of H-pyrrole nitrogens is 1. The number of aromatic nitrogens is 1. The van der Waals surface area contributed by atoms with Gasteiger partial charge in [-0.25, -0.2) is 0 Å². The van der Waals surface area contributed by atoms with Crippen molar-refractivity contribution in [3.05, 3.63) is 47.7 Å². The lowest BCUT2D eigenvalue weighted by Crippen LogP contribution is -2.33. The topological polar surface area (TPSA) is 164 Å². The van der Waals surface area contributed by atoms with Crippen molar-refractivity contribution in [1.29, 1.82) is 5.41 Å². The van der Waals surface area contributed by atoms with Crippen molar-refractivity contribution >= 4 is 34.4 Å². The van der Waals surface area contributed by atoms with Crippen LogP contribution in [-0.2, 0) is 35.0 Å². The molecule has 3 rings (SSSR count). The Balaban J connectivity index is 1.05. The lowest BCUT2D eigenvalue weighted by atomic mass is 10.1. The van der Waals surface area contributed by atoms with Crippen LogP contribution in [0.4, 0.5) is 0 Å². The SMILES string of the molecule is Cc1ccc2[nH]cc(CCNC(=O)CCOCCOCCOCCOCCN=C(N)CCN3C(=N)C=CC3=O)c2c1. The molecule has 0 saturated heterocycles. The maximum Gasteiger partial charge on any atom is 0.252 e. The molecule has 2 aromatic rings. The standard InChI is InChI=1S/C29H42N6O6/c1-22-2-3-25-24(20-22)23(21-34-25)6-9-33-28(36)8-12-38-14-16-40-18-19-41-17-15-39-13-10-32-26(30)7-11-35-27(31)4-5-29(35)37/h2-5,20-21,31,34H,6-19H2,1H3,(H2,30,32)(H,33,36). The molecule has 224 valence electrons. The van der Waals surface area contributed by atoms with Crippen molar-refractivity contribution in [2.24, 2.45) is 10.7 Å². The van der Waals surface area contributed by atoms with Crippen LogP contribution >= 0.6 is 0 Å². The van der Waals surface area contributed by atoms with E-state index in [0.717, 1.165) is 11.9 Å². The molecule has 12 heteroatoms. The summed E-state index contributed by atoms with van der Waals surface area (Å²) in [5.74, 6) is 0.369. The van der Waals surface area contributed by atoms with Crippen LogP contribution in [-0.4, -0.2) is 106 Å². The van der Waals surface area contributed by atoms with E-state index >= 15 is 0 Å². The Morgan fingerprint density at radius 3 is 2.37 bits per heavy atom. The minimum atomic E-state index is -0.203. The van der Waals surface area contributed by atoms with Gasteiger partial charge in [0.25, 0.3) is 5.91 Å². The van der Waals surface area contributed by atoms with E-state index in [-0.39, 0.29) is 17.6 Å². The van der Waals surface area contributed by atoms with Crippen molar-refractivity contribution in [2.75, 3.05) is 72.5 Å². The largest absolute Gasteiger partial charge is 0.387 e. The Morgan fingerprint density at radius 2 is 1.68 bits per heavy atom. The highest BCUT2D eigenvalue weighted by atomic mass is 16.6. The number of rotatable bonds is 21. The number of aromatic amines is 1. The second kappa shape index (κ2) is 18.0. The van der Waals surface area contributed by atoms with Gasteiger partial charge in [0.1, 0.15) is 5.84 Å². The molecule has 2 amide bonds. The zero-order valence-electron chi connectivity index (χ0n) is 23.8. The summed E-state index contributed by atoms with van der Waals surface area (Å²) in [6, 6.07) is 6.32. The molecule has 0 unspecified atom stereocenters. The van der Waals surface area contributed by atoms with Gasteiger partial charge in [-0.05, 0) is 37.1 Å². The molecule has 1 aromatic carbocycles. The smallest absolute Gasteiger partial charge is 0.252 e. The lowest BCUT2D eigenvalue weighted by molar-refractivity contribution is -0.122. The summed E-state index contributed by atoms with van der Waals surface area (Å²) < 4.78 is 21.9. The van der Waals surface area contributed by atoms with Gasteiger partial charge >= 0.3 is 0 Å². The first-order chi connectivity index (χ1) is 19.9. The van der Waals surface area contributed by atoms with Gasteiger partial charge < -0.3 is 35.0 Å². The summed E-state index contributed by atoms with van der Waals surface area (Å²) in [5.41, 5.74) is 9.38. The second-order valence-corrected chi connectivity index (χ2v) is 9.49. The highest BCUT2D eigenvalue weighted by Gasteiger charge is 2.19. The third-order valence-corrected chi connectivity index (χ3v) is 6.31. The highest BCUT2D eigenvalue weighted by Crippen LogP contribution is 2.19. The van der Waals surface area contributed by atoms with Gasteiger partial charge in [-0.2, -0.15) is 0 Å². The molecule has 0 spiro atoms. The first kappa shape index (κ1) is 31.9. The number of aryl methyl sites for hydroxylation is 1. The Hall–Kier alpha value is -3.58. The van der Waals surface area contributed by atoms with Crippen LogP contribution in [0.2, 0.25) is 0 Å². The molecular weight excluding hydrogens is 528 g/mol. The molecule has 5 N–H and O–H groups in total. The Bertz CT molecular complexity index is 1180. The zero-order chi connectivity index (χ0) is 29.3. The van der Waals surface area contributed by atoms with E-state index in [1.807, 2.05) is 6.20 Å². The molecule has 0 saturated carbocycles. The number of nitrogens with one attached hydrogen (secondary N) is 3. The van der Waals surface area contributed by atoms with Gasteiger partial charge in [0, 0.05) is 49.1 Å². The Kier molecular flexibility index (Phi) is 14.0.